The Hall–Kier alpha value is -1.51. The second-order valence-electron chi connectivity index (χ2n) is 3.79. The van der Waals surface area contributed by atoms with E-state index in [1.54, 1.807) is 14.2 Å². The Bertz CT molecular complexity index is 351. The maximum absolute atomic E-state index is 10.6. The molecule has 0 unspecified atom stereocenters. The van der Waals surface area contributed by atoms with Crippen LogP contribution in [-0.2, 0) is 4.79 Å². The summed E-state index contributed by atoms with van der Waals surface area (Å²) in [6.07, 6.45) is 1.97. The molecular formula is C12H14O3. The molecule has 3 heteroatoms. The molecule has 15 heavy (non-hydrogen) atoms. The third-order valence-corrected chi connectivity index (χ3v) is 2.82. The third-order valence-electron chi connectivity index (χ3n) is 2.82. The first-order valence-corrected chi connectivity index (χ1v) is 4.96. The lowest BCUT2D eigenvalue weighted by atomic mass is 10.1. The lowest BCUT2D eigenvalue weighted by molar-refractivity contribution is -0.108. The zero-order valence-electron chi connectivity index (χ0n) is 8.90. The van der Waals surface area contributed by atoms with Gasteiger partial charge >= 0.3 is 0 Å². The van der Waals surface area contributed by atoms with E-state index in [0.717, 1.165) is 29.8 Å². The van der Waals surface area contributed by atoms with Crippen molar-refractivity contribution in [2.45, 2.75) is 12.3 Å². The molecule has 3 nitrogen and oxygen atoms in total. The number of carbonyl (C=O) groups is 1. The maximum atomic E-state index is 10.6. The van der Waals surface area contributed by atoms with E-state index >= 15 is 0 Å². The number of hydrogen-bond acceptors (Lipinski definition) is 3. The van der Waals surface area contributed by atoms with E-state index in [1.165, 1.54) is 0 Å². The highest BCUT2D eigenvalue weighted by Gasteiger charge is 2.38. The summed E-state index contributed by atoms with van der Waals surface area (Å²) < 4.78 is 10.4. The first-order chi connectivity index (χ1) is 7.28. The summed E-state index contributed by atoms with van der Waals surface area (Å²) in [5, 5.41) is 0. The number of benzene rings is 1. The standard InChI is InChI=1S/C12H14O3/c1-14-10-3-8(4-11(6-10)15-2)12-5-9(12)7-13/h3-4,6-7,9,12H,5H2,1-2H3/t9-,12-/m0/s1. The van der Waals surface area contributed by atoms with E-state index < -0.39 is 0 Å². The number of carbonyl (C=O) groups excluding carboxylic acids is 1. The second kappa shape index (κ2) is 3.93. The van der Waals surface area contributed by atoms with Crippen molar-refractivity contribution in [3.63, 3.8) is 0 Å². The highest BCUT2D eigenvalue weighted by molar-refractivity contribution is 5.62. The Labute approximate surface area is 89.0 Å². The topological polar surface area (TPSA) is 35.5 Å². The number of methoxy groups -OCH3 is 2. The van der Waals surface area contributed by atoms with Crippen molar-refractivity contribution in [1.29, 1.82) is 0 Å². The molecule has 0 spiro atoms. The monoisotopic (exact) mass is 206 g/mol. The van der Waals surface area contributed by atoms with E-state index in [1.807, 2.05) is 18.2 Å². The molecule has 1 fully saturated rings. The molecule has 2 atom stereocenters. The van der Waals surface area contributed by atoms with Crippen molar-refractivity contribution >= 4 is 6.29 Å². The van der Waals surface area contributed by atoms with Crippen molar-refractivity contribution < 1.29 is 14.3 Å². The summed E-state index contributed by atoms with van der Waals surface area (Å²) in [4.78, 5) is 10.6. The van der Waals surface area contributed by atoms with Gasteiger partial charge in [-0.05, 0) is 30.0 Å². The molecule has 0 radical (unpaired) electrons. The summed E-state index contributed by atoms with van der Waals surface area (Å²) in [6.45, 7) is 0. The molecule has 1 aromatic carbocycles. The van der Waals surface area contributed by atoms with Gasteiger partial charge in [0.25, 0.3) is 0 Å². The number of aldehydes is 1. The Morgan fingerprint density at radius 1 is 1.20 bits per heavy atom. The molecule has 80 valence electrons. The van der Waals surface area contributed by atoms with Gasteiger partial charge < -0.3 is 14.3 Å². The number of ether oxygens (including phenoxy) is 2. The van der Waals surface area contributed by atoms with Gasteiger partial charge in [-0.1, -0.05) is 0 Å². The zero-order chi connectivity index (χ0) is 10.8. The van der Waals surface area contributed by atoms with Crippen LogP contribution in [0, 0.1) is 5.92 Å². The zero-order valence-corrected chi connectivity index (χ0v) is 8.90. The summed E-state index contributed by atoms with van der Waals surface area (Å²) in [6, 6.07) is 5.77. The van der Waals surface area contributed by atoms with E-state index in [-0.39, 0.29) is 5.92 Å². The highest BCUT2D eigenvalue weighted by Crippen LogP contribution is 2.47. The lowest BCUT2D eigenvalue weighted by Gasteiger charge is -2.07. The SMILES string of the molecule is COc1cc(OC)cc([C@@H]2C[C@H]2C=O)c1. The van der Waals surface area contributed by atoms with Gasteiger partial charge in [0.15, 0.2) is 0 Å². The minimum absolute atomic E-state index is 0.182. The van der Waals surface area contributed by atoms with E-state index in [2.05, 4.69) is 0 Å². The Kier molecular flexibility index (Phi) is 2.62. The van der Waals surface area contributed by atoms with Crippen LogP contribution in [0.25, 0.3) is 0 Å². The molecular weight excluding hydrogens is 192 g/mol. The van der Waals surface area contributed by atoms with Crippen molar-refractivity contribution in [2.24, 2.45) is 5.92 Å². The minimum atomic E-state index is 0.182. The van der Waals surface area contributed by atoms with Gasteiger partial charge in [-0.2, -0.15) is 0 Å². The molecule has 1 saturated carbocycles. The lowest BCUT2D eigenvalue weighted by Crippen LogP contribution is -1.91. The highest BCUT2D eigenvalue weighted by atomic mass is 16.5. The van der Waals surface area contributed by atoms with E-state index in [9.17, 15) is 4.79 Å². The fourth-order valence-corrected chi connectivity index (χ4v) is 1.79. The van der Waals surface area contributed by atoms with Gasteiger partial charge in [-0.15, -0.1) is 0 Å². The minimum Gasteiger partial charge on any atom is -0.497 e. The molecule has 0 N–H and O–H groups in total. The predicted molar refractivity (Wildman–Crippen MR) is 56.5 cm³/mol. The number of hydrogen-bond donors (Lipinski definition) is 0. The van der Waals surface area contributed by atoms with Crippen LogP contribution in [0.2, 0.25) is 0 Å². The first-order valence-electron chi connectivity index (χ1n) is 4.96. The van der Waals surface area contributed by atoms with Crippen LogP contribution in [0.5, 0.6) is 11.5 Å². The van der Waals surface area contributed by atoms with Gasteiger partial charge in [0.05, 0.1) is 14.2 Å². The molecule has 0 bridgehead atoms. The average Bonchev–Trinajstić information content (AvgIpc) is 3.07. The summed E-state index contributed by atoms with van der Waals surface area (Å²) in [7, 11) is 3.26. The Balaban J connectivity index is 2.27. The largest absolute Gasteiger partial charge is 0.497 e. The normalized spacial score (nSPS) is 23.3. The molecule has 0 aromatic heterocycles. The van der Waals surface area contributed by atoms with Gasteiger partial charge in [0.1, 0.15) is 17.8 Å². The predicted octanol–water partition coefficient (Wildman–Crippen LogP) is 2.01. The van der Waals surface area contributed by atoms with Crippen LogP contribution < -0.4 is 9.47 Å². The van der Waals surface area contributed by atoms with Gasteiger partial charge in [-0.3, -0.25) is 0 Å². The number of rotatable bonds is 4. The van der Waals surface area contributed by atoms with Crippen molar-refractivity contribution in [1.82, 2.24) is 0 Å². The van der Waals surface area contributed by atoms with Gasteiger partial charge in [0.2, 0.25) is 0 Å². The first kappa shape index (κ1) is 10.0. The molecule has 0 aliphatic heterocycles. The summed E-state index contributed by atoms with van der Waals surface area (Å²) >= 11 is 0. The molecule has 1 aromatic rings. The van der Waals surface area contributed by atoms with Crippen LogP contribution in [0.4, 0.5) is 0 Å². The smallest absolute Gasteiger partial charge is 0.123 e. The average molecular weight is 206 g/mol. The molecule has 1 aliphatic carbocycles. The summed E-state index contributed by atoms with van der Waals surface area (Å²) in [5.41, 5.74) is 1.13. The van der Waals surface area contributed by atoms with Crippen molar-refractivity contribution in [2.75, 3.05) is 14.2 Å². The molecule has 0 heterocycles. The van der Waals surface area contributed by atoms with Crippen LogP contribution in [-0.4, -0.2) is 20.5 Å². The molecule has 0 amide bonds. The van der Waals surface area contributed by atoms with Crippen molar-refractivity contribution in [3.05, 3.63) is 23.8 Å². The Morgan fingerprint density at radius 3 is 2.20 bits per heavy atom. The fraction of sp³-hybridized carbons (Fsp3) is 0.417. The van der Waals surface area contributed by atoms with Crippen LogP contribution in [0.3, 0.4) is 0 Å². The summed E-state index contributed by atoms with van der Waals surface area (Å²) in [5.74, 6) is 2.09. The van der Waals surface area contributed by atoms with E-state index in [4.69, 9.17) is 9.47 Å². The van der Waals surface area contributed by atoms with Crippen LogP contribution in [0.1, 0.15) is 17.9 Å². The Morgan fingerprint density at radius 2 is 1.80 bits per heavy atom. The fourth-order valence-electron chi connectivity index (χ4n) is 1.79. The van der Waals surface area contributed by atoms with E-state index in [0.29, 0.717) is 5.92 Å². The second-order valence-corrected chi connectivity index (χ2v) is 3.79. The molecule has 0 saturated heterocycles. The van der Waals surface area contributed by atoms with Gasteiger partial charge in [0, 0.05) is 12.0 Å². The maximum Gasteiger partial charge on any atom is 0.123 e. The molecule has 2 rings (SSSR count). The van der Waals surface area contributed by atoms with Crippen LogP contribution in [0.15, 0.2) is 18.2 Å². The van der Waals surface area contributed by atoms with Gasteiger partial charge in [-0.25, -0.2) is 0 Å². The van der Waals surface area contributed by atoms with Crippen molar-refractivity contribution in [3.8, 4) is 11.5 Å². The third kappa shape index (κ3) is 1.96. The van der Waals surface area contributed by atoms with Crippen LogP contribution >= 0.6 is 0 Å². The molecule has 1 aliphatic rings. The quantitative estimate of drug-likeness (QED) is 0.707.